The number of halogens is 2. The Kier molecular flexibility index (Phi) is 11.5. The topological polar surface area (TPSA) is 109 Å². The van der Waals surface area contributed by atoms with Crippen molar-refractivity contribution in [3.63, 3.8) is 0 Å². The third-order valence-electron chi connectivity index (χ3n) is 8.37. The summed E-state index contributed by atoms with van der Waals surface area (Å²) in [7, 11) is 0. The number of fused-ring (bicyclic) bond motifs is 1. The number of rotatable bonds is 4. The quantitative estimate of drug-likeness (QED) is 0.402. The molecule has 1 aliphatic heterocycles. The summed E-state index contributed by atoms with van der Waals surface area (Å²) in [4.78, 5) is 41.1. The van der Waals surface area contributed by atoms with Crippen molar-refractivity contribution in [1.29, 1.82) is 0 Å². The van der Waals surface area contributed by atoms with Crippen molar-refractivity contribution in [2.24, 2.45) is 5.92 Å². The van der Waals surface area contributed by atoms with Crippen molar-refractivity contribution in [3.05, 3.63) is 63.6 Å². The summed E-state index contributed by atoms with van der Waals surface area (Å²) in [6, 6.07) is 11.5. The van der Waals surface area contributed by atoms with E-state index in [1.54, 1.807) is 18.2 Å². The number of aryl methyl sites for hydroxylation is 1. The number of nitrogens with one attached hydrogen (secondary N) is 4. The molecule has 2 aliphatic rings. The molecule has 4 rings (SSSR count). The number of carbonyl (C=O) groups excluding carboxylic acids is 3. The summed E-state index contributed by atoms with van der Waals surface area (Å²) >= 11 is 12.5. The van der Waals surface area contributed by atoms with Crippen LogP contribution in [0.5, 0.6) is 5.75 Å². The van der Waals surface area contributed by atoms with Crippen molar-refractivity contribution in [3.8, 4) is 5.75 Å². The van der Waals surface area contributed by atoms with E-state index in [9.17, 15) is 14.4 Å². The van der Waals surface area contributed by atoms with E-state index in [4.69, 9.17) is 27.9 Å². The summed E-state index contributed by atoms with van der Waals surface area (Å²) in [6.45, 7) is 5.30. The van der Waals surface area contributed by atoms with Crippen LogP contribution in [0, 0.1) is 5.92 Å². The fourth-order valence-corrected chi connectivity index (χ4v) is 6.18. The molecule has 1 saturated carbocycles. The van der Waals surface area contributed by atoms with E-state index in [0.717, 1.165) is 36.1 Å². The molecule has 10 heteroatoms. The Balaban J connectivity index is 1.62. The van der Waals surface area contributed by atoms with Crippen LogP contribution in [-0.4, -0.2) is 55.0 Å². The monoisotopic (exact) mass is 616 g/mol. The van der Waals surface area contributed by atoms with E-state index in [1.807, 2.05) is 38.1 Å². The van der Waals surface area contributed by atoms with Crippen LogP contribution < -0.4 is 26.0 Å². The van der Waals surface area contributed by atoms with Crippen molar-refractivity contribution >= 4 is 40.9 Å². The van der Waals surface area contributed by atoms with Crippen molar-refractivity contribution in [1.82, 2.24) is 21.3 Å². The Morgan fingerprint density at radius 2 is 1.74 bits per heavy atom. The summed E-state index contributed by atoms with van der Waals surface area (Å²) < 4.78 is 6.09. The number of amides is 3. The molecule has 0 bridgehead atoms. The zero-order chi connectivity index (χ0) is 30.1. The van der Waals surface area contributed by atoms with Gasteiger partial charge in [-0.15, -0.1) is 0 Å². The number of hydrogen-bond acceptors (Lipinski definition) is 5. The van der Waals surface area contributed by atoms with Gasteiger partial charge in [0, 0.05) is 29.6 Å². The SMILES string of the molecule is CC[C@H](C)[C@@H]1NCCOc2ccc(Cl)cc2CCCNC(=O)[C@H](Cc2cccc(Cl)c2)NC(=O)C2(CCCC2)NC1=O. The Hall–Kier alpha value is -2.81. The van der Waals surface area contributed by atoms with Crippen LogP contribution in [0.2, 0.25) is 10.0 Å². The van der Waals surface area contributed by atoms with E-state index < -0.39 is 17.6 Å². The van der Waals surface area contributed by atoms with Crippen LogP contribution in [0.25, 0.3) is 0 Å². The number of hydrogen-bond donors (Lipinski definition) is 4. The molecule has 2 aromatic rings. The lowest BCUT2D eigenvalue weighted by Gasteiger charge is -2.34. The lowest BCUT2D eigenvalue weighted by Crippen LogP contribution is -2.64. The molecule has 0 saturated heterocycles. The molecule has 0 radical (unpaired) electrons. The molecule has 1 aliphatic carbocycles. The number of benzene rings is 2. The average Bonchev–Trinajstić information content (AvgIpc) is 3.44. The van der Waals surface area contributed by atoms with Crippen molar-refractivity contribution in [2.75, 3.05) is 19.7 Å². The largest absolute Gasteiger partial charge is 0.492 e. The highest BCUT2D eigenvalue weighted by atomic mass is 35.5. The predicted octanol–water partition coefficient (Wildman–Crippen LogP) is 4.60. The maximum atomic E-state index is 13.9. The normalized spacial score (nSPS) is 23.0. The molecule has 2 aromatic carbocycles. The Morgan fingerprint density at radius 3 is 2.48 bits per heavy atom. The number of carbonyl (C=O) groups is 3. The first-order chi connectivity index (χ1) is 20.2. The molecule has 4 N–H and O–H groups in total. The molecule has 1 spiro atoms. The molecule has 1 fully saturated rings. The van der Waals surface area contributed by atoms with Gasteiger partial charge < -0.3 is 26.0 Å². The fourth-order valence-electron chi connectivity index (χ4n) is 5.77. The van der Waals surface area contributed by atoms with Gasteiger partial charge >= 0.3 is 0 Å². The second-order valence-electron chi connectivity index (χ2n) is 11.5. The third-order valence-corrected chi connectivity index (χ3v) is 8.84. The highest BCUT2D eigenvalue weighted by Gasteiger charge is 2.45. The predicted molar refractivity (Wildman–Crippen MR) is 166 cm³/mol. The Morgan fingerprint density at radius 1 is 0.976 bits per heavy atom. The van der Waals surface area contributed by atoms with Gasteiger partial charge in [0.05, 0.1) is 6.04 Å². The van der Waals surface area contributed by atoms with Gasteiger partial charge in [-0.05, 0) is 73.1 Å². The second-order valence-corrected chi connectivity index (χ2v) is 12.3. The summed E-state index contributed by atoms with van der Waals surface area (Å²) in [6.07, 6.45) is 5.04. The first-order valence-electron chi connectivity index (χ1n) is 15.0. The van der Waals surface area contributed by atoms with Crippen molar-refractivity contribution < 1.29 is 19.1 Å². The van der Waals surface area contributed by atoms with Crippen molar-refractivity contribution in [2.45, 2.75) is 82.8 Å². The van der Waals surface area contributed by atoms with Crippen LogP contribution >= 0.6 is 23.2 Å². The lowest BCUT2D eigenvalue weighted by molar-refractivity contribution is -0.137. The van der Waals surface area contributed by atoms with Gasteiger partial charge in [-0.25, -0.2) is 0 Å². The molecule has 3 amide bonds. The van der Waals surface area contributed by atoms with Crippen LogP contribution in [0.15, 0.2) is 42.5 Å². The molecule has 1 heterocycles. The van der Waals surface area contributed by atoms with E-state index in [1.165, 1.54) is 0 Å². The van der Waals surface area contributed by atoms with Gasteiger partial charge in [0.25, 0.3) is 0 Å². The molecule has 3 atom stereocenters. The van der Waals surface area contributed by atoms with E-state index in [2.05, 4.69) is 21.3 Å². The molecular formula is C32H42Cl2N4O4. The van der Waals surface area contributed by atoms with Gasteiger partial charge in [0.2, 0.25) is 17.7 Å². The summed E-state index contributed by atoms with van der Waals surface area (Å²) in [5.74, 6) is -0.0682. The summed E-state index contributed by atoms with van der Waals surface area (Å²) in [5, 5.41) is 13.7. The fraction of sp³-hybridized carbons (Fsp3) is 0.531. The highest BCUT2D eigenvalue weighted by molar-refractivity contribution is 6.31. The minimum Gasteiger partial charge on any atom is -0.492 e. The zero-order valence-corrected chi connectivity index (χ0v) is 26.0. The zero-order valence-electron chi connectivity index (χ0n) is 24.4. The second kappa shape index (κ2) is 15.1. The van der Waals surface area contributed by atoms with Gasteiger partial charge in [-0.1, -0.05) is 68.4 Å². The highest BCUT2D eigenvalue weighted by Crippen LogP contribution is 2.31. The molecule has 228 valence electrons. The molecule has 8 nitrogen and oxygen atoms in total. The average molecular weight is 618 g/mol. The molecule has 0 aromatic heterocycles. The maximum Gasteiger partial charge on any atom is 0.246 e. The van der Waals surface area contributed by atoms with Gasteiger partial charge in [-0.3, -0.25) is 14.4 Å². The number of ether oxygens (including phenoxy) is 1. The van der Waals surface area contributed by atoms with E-state index in [0.29, 0.717) is 55.4 Å². The minimum absolute atomic E-state index is 0.0320. The Bertz CT molecular complexity index is 1250. The maximum absolute atomic E-state index is 13.9. The molecular weight excluding hydrogens is 575 g/mol. The Labute approximate surface area is 258 Å². The van der Waals surface area contributed by atoms with Crippen LogP contribution in [0.3, 0.4) is 0 Å². The molecule has 42 heavy (non-hydrogen) atoms. The minimum atomic E-state index is -1.07. The van der Waals surface area contributed by atoms with E-state index in [-0.39, 0.29) is 30.1 Å². The first-order valence-corrected chi connectivity index (χ1v) is 15.8. The van der Waals surface area contributed by atoms with Crippen LogP contribution in [0.4, 0.5) is 0 Å². The third kappa shape index (κ3) is 8.39. The van der Waals surface area contributed by atoms with Gasteiger partial charge in [-0.2, -0.15) is 0 Å². The lowest BCUT2D eigenvalue weighted by atomic mass is 9.92. The van der Waals surface area contributed by atoms with Gasteiger partial charge in [0.15, 0.2) is 0 Å². The van der Waals surface area contributed by atoms with Crippen LogP contribution in [-0.2, 0) is 27.2 Å². The molecule has 0 unspecified atom stereocenters. The first kappa shape index (κ1) is 32.1. The standard InChI is InChI=1S/C32H42Cl2N4O4/c1-3-21(2)28-30(40)38-32(13-4-5-14-32)31(41)37-26(19-22-8-6-10-24(33)18-22)29(39)36-15-7-9-23-20-25(34)11-12-27(23)42-17-16-35-28/h6,8,10-12,18,20-21,26,28,35H,3-5,7,9,13-17,19H2,1-2H3,(H,36,39)(H,37,41)(H,38,40)/t21-,26-,28-/m0/s1. The summed E-state index contributed by atoms with van der Waals surface area (Å²) in [5.41, 5.74) is 0.703. The smallest absolute Gasteiger partial charge is 0.246 e. The van der Waals surface area contributed by atoms with E-state index >= 15 is 0 Å². The van der Waals surface area contributed by atoms with Crippen LogP contribution in [0.1, 0.15) is 63.5 Å². The van der Waals surface area contributed by atoms with Gasteiger partial charge in [0.1, 0.15) is 23.9 Å².